The molecule has 4 nitrogen and oxygen atoms in total. The van der Waals surface area contributed by atoms with Crippen molar-refractivity contribution in [1.29, 1.82) is 0 Å². The molecule has 25 heavy (non-hydrogen) atoms. The molecule has 0 bridgehead atoms. The summed E-state index contributed by atoms with van der Waals surface area (Å²) in [6.45, 7) is 6.89. The van der Waals surface area contributed by atoms with Crippen LogP contribution in [0, 0.1) is 0 Å². The minimum atomic E-state index is -1.07. The number of aromatic nitrogens is 2. The maximum Gasteiger partial charge on any atom is 0.251 e. The molecule has 1 fully saturated rings. The van der Waals surface area contributed by atoms with Crippen LogP contribution in [0.4, 0.5) is 4.39 Å². The summed E-state index contributed by atoms with van der Waals surface area (Å²) in [6.07, 6.45) is 8.13. The Hall–Kier alpha value is -2.30. The number of hydrogen-bond acceptors (Lipinski definition) is 1. The quantitative estimate of drug-likeness (QED) is 0.822. The summed E-state index contributed by atoms with van der Waals surface area (Å²) in [5, 5.41) is 3.01. The van der Waals surface area contributed by atoms with Gasteiger partial charge in [0.1, 0.15) is 5.67 Å². The van der Waals surface area contributed by atoms with Gasteiger partial charge in [-0.25, -0.2) is 4.39 Å². The Balaban J connectivity index is 0.000000701. The Bertz CT molecular complexity index is 687. The Morgan fingerprint density at radius 2 is 1.84 bits per heavy atom. The fourth-order valence-electron chi connectivity index (χ4n) is 2.93. The van der Waals surface area contributed by atoms with E-state index in [0.717, 1.165) is 5.69 Å². The highest BCUT2D eigenvalue weighted by molar-refractivity contribution is 5.94. The summed E-state index contributed by atoms with van der Waals surface area (Å²) in [4.78, 5) is 12.3. The lowest BCUT2D eigenvalue weighted by atomic mass is 9.85. The second kappa shape index (κ2) is 8.19. The van der Waals surface area contributed by atoms with Crippen molar-refractivity contribution in [3.05, 3.63) is 54.9 Å². The van der Waals surface area contributed by atoms with Gasteiger partial charge in [-0.15, -0.1) is 6.58 Å². The standard InChI is InChI=1S/C17H22FN3O.C3H6/c1-17(18)9-7-14(8-10-17)19-16(22)13-3-5-15(6-4-13)21-12-11-20(21)2;1-3-2/h3-6,11-12,14H,7-10H2,1-2H3,(H,19,22);3H,1H2,2H3. The van der Waals surface area contributed by atoms with E-state index in [9.17, 15) is 9.18 Å². The molecule has 0 spiro atoms. The third-order valence-corrected chi connectivity index (χ3v) is 4.52. The number of hydrogen-bond donors (Lipinski definition) is 1. The van der Waals surface area contributed by atoms with Crippen LogP contribution >= 0.6 is 0 Å². The van der Waals surface area contributed by atoms with Gasteiger partial charge in [-0.1, -0.05) is 6.08 Å². The first-order chi connectivity index (χ1) is 11.9. The Morgan fingerprint density at radius 3 is 2.28 bits per heavy atom. The van der Waals surface area contributed by atoms with Crippen molar-refractivity contribution in [3.8, 4) is 5.69 Å². The molecule has 0 aliphatic heterocycles. The highest BCUT2D eigenvalue weighted by atomic mass is 19.1. The van der Waals surface area contributed by atoms with Crippen LogP contribution in [0.25, 0.3) is 5.69 Å². The minimum Gasteiger partial charge on any atom is -0.349 e. The van der Waals surface area contributed by atoms with E-state index in [4.69, 9.17) is 0 Å². The van der Waals surface area contributed by atoms with E-state index in [0.29, 0.717) is 31.2 Å². The third-order valence-electron chi connectivity index (χ3n) is 4.52. The molecule has 1 aliphatic rings. The van der Waals surface area contributed by atoms with E-state index in [1.165, 1.54) is 0 Å². The molecule has 136 valence electrons. The van der Waals surface area contributed by atoms with Gasteiger partial charge in [0.25, 0.3) is 5.91 Å². The van der Waals surface area contributed by atoms with Crippen molar-refractivity contribution in [2.24, 2.45) is 7.05 Å². The average Bonchev–Trinajstić information content (AvgIpc) is 2.57. The number of allylic oxidation sites excluding steroid dienone is 1. The molecular weight excluding hydrogens is 317 g/mol. The van der Waals surface area contributed by atoms with Gasteiger partial charge in [-0.2, -0.15) is 0 Å². The molecule has 1 aromatic heterocycles. The highest BCUT2D eigenvalue weighted by Gasteiger charge is 2.31. The number of halogens is 1. The van der Waals surface area contributed by atoms with E-state index in [-0.39, 0.29) is 11.9 Å². The fraction of sp³-hybridized carbons (Fsp3) is 0.450. The van der Waals surface area contributed by atoms with Gasteiger partial charge < -0.3 is 5.32 Å². The topological polar surface area (TPSA) is 39.0 Å². The maximum atomic E-state index is 13.8. The van der Waals surface area contributed by atoms with Gasteiger partial charge in [0.05, 0.1) is 5.69 Å². The summed E-state index contributed by atoms with van der Waals surface area (Å²) < 4.78 is 17.7. The lowest BCUT2D eigenvalue weighted by Crippen LogP contribution is -2.40. The molecule has 2 aromatic rings. The molecule has 1 heterocycles. The van der Waals surface area contributed by atoms with Crippen molar-refractivity contribution in [1.82, 2.24) is 14.7 Å². The normalized spacial score (nSPS) is 22.6. The predicted molar refractivity (Wildman–Crippen MR) is 99.8 cm³/mol. The van der Waals surface area contributed by atoms with E-state index in [1.54, 1.807) is 13.0 Å². The van der Waals surface area contributed by atoms with Crippen molar-refractivity contribution in [2.45, 2.75) is 51.2 Å². The average molecular weight is 345 g/mol. The van der Waals surface area contributed by atoms with Crippen LogP contribution in [-0.4, -0.2) is 27.0 Å². The molecule has 1 amide bonds. The number of aryl methyl sites for hydroxylation is 1. The molecule has 1 saturated carbocycles. The summed E-state index contributed by atoms with van der Waals surface area (Å²) >= 11 is 0. The van der Waals surface area contributed by atoms with Crippen LogP contribution in [0.5, 0.6) is 0 Å². The van der Waals surface area contributed by atoms with Gasteiger partial charge >= 0.3 is 0 Å². The van der Waals surface area contributed by atoms with Gasteiger partial charge in [0.2, 0.25) is 0 Å². The molecule has 0 atom stereocenters. The SMILES string of the molecule is C=CC.Cn1ccn1-c1ccc(C(=O)NC2CCC(C)(F)CC2)cc1. The van der Waals surface area contributed by atoms with Crippen LogP contribution in [0.15, 0.2) is 49.3 Å². The first-order valence-electron chi connectivity index (χ1n) is 8.73. The Morgan fingerprint density at radius 1 is 1.28 bits per heavy atom. The predicted octanol–water partition coefficient (Wildman–Crippen LogP) is 4.41. The first kappa shape index (κ1) is 19.0. The van der Waals surface area contributed by atoms with Crippen LogP contribution < -0.4 is 5.32 Å². The maximum absolute atomic E-state index is 13.8. The molecule has 0 saturated heterocycles. The van der Waals surface area contributed by atoms with Crippen molar-refractivity contribution >= 4 is 5.91 Å². The van der Waals surface area contributed by atoms with Crippen LogP contribution in [0.1, 0.15) is 49.9 Å². The Labute approximate surface area is 149 Å². The lowest BCUT2D eigenvalue weighted by Gasteiger charge is -2.31. The van der Waals surface area contributed by atoms with Crippen molar-refractivity contribution in [3.63, 3.8) is 0 Å². The van der Waals surface area contributed by atoms with Gasteiger partial charge in [0.15, 0.2) is 0 Å². The van der Waals surface area contributed by atoms with Crippen LogP contribution in [0.3, 0.4) is 0 Å². The number of carbonyl (C=O) groups excluding carboxylic acids is 1. The lowest BCUT2D eigenvalue weighted by molar-refractivity contribution is 0.0850. The monoisotopic (exact) mass is 345 g/mol. The van der Waals surface area contributed by atoms with E-state index in [2.05, 4.69) is 11.9 Å². The highest BCUT2D eigenvalue weighted by Crippen LogP contribution is 2.31. The Kier molecular flexibility index (Phi) is 6.23. The molecule has 5 heteroatoms. The zero-order valence-corrected chi connectivity index (χ0v) is 15.3. The summed E-state index contributed by atoms with van der Waals surface area (Å²) in [5.74, 6) is -0.0773. The summed E-state index contributed by atoms with van der Waals surface area (Å²) in [7, 11) is 1.96. The van der Waals surface area contributed by atoms with Gasteiger partial charge in [-0.3, -0.25) is 14.2 Å². The van der Waals surface area contributed by atoms with Gasteiger partial charge in [-0.05, 0) is 63.8 Å². The fourth-order valence-corrected chi connectivity index (χ4v) is 2.93. The summed E-state index contributed by atoms with van der Waals surface area (Å²) in [5.41, 5.74) is 0.594. The number of rotatable bonds is 3. The number of nitrogens with zero attached hydrogens (tertiary/aromatic N) is 2. The van der Waals surface area contributed by atoms with Crippen LogP contribution in [0.2, 0.25) is 0 Å². The largest absolute Gasteiger partial charge is 0.349 e. The zero-order chi connectivity index (χ0) is 18.4. The third kappa shape index (κ3) is 5.08. The van der Waals surface area contributed by atoms with Crippen molar-refractivity contribution in [2.75, 3.05) is 0 Å². The first-order valence-corrected chi connectivity index (χ1v) is 8.73. The molecule has 1 aromatic carbocycles. The minimum absolute atomic E-state index is 0.0773. The number of amides is 1. The molecule has 1 N–H and O–H groups in total. The van der Waals surface area contributed by atoms with Gasteiger partial charge in [0, 0.05) is 31.0 Å². The number of alkyl halides is 1. The molecule has 0 unspecified atom stereocenters. The number of benzene rings is 1. The molecule has 0 radical (unpaired) electrons. The second-order valence-electron chi connectivity index (χ2n) is 6.83. The summed E-state index contributed by atoms with van der Waals surface area (Å²) in [6, 6.07) is 7.59. The van der Waals surface area contributed by atoms with E-state index < -0.39 is 5.67 Å². The zero-order valence-electron chi connectivity index (χ0n) is 15.3. The second-order valence-corrected chi connectivity index (χ2v) is 6.83. The number of nitrogens with one attached hydrogen (secondary N) is 1. The smallest absolute Gasteiger partial charge is 0.251 e. The molecule has 1 aliphatic carbocycles. The van der Waals surface area contributed by atoms with Crippen molar-refractivity contribution < 1.29 is 9.18 Å². The molecular formula is C20H28FN3O. The molecule has 3 rings (SSSR count). The number of carbonyl (C=O) groups is 1. The van der Waals surface area contributed by atoms with E-state index in [1.807, 2.05) is 60.0 Å². The van der Waals surface area contributed by atoms with E-state index >= 15 is 0 Å². The van der Waals surface area contributed by atoms with Crippen LogP contribution in [-0.2, 0) is 7.05 Å².